The predicted molar refractivity (Wildman–Crippen MR) is 207 cm³/mol. The lowest BCUT2D eigenvalue weighted by atomic mass is 10.1. The minimum absolute atomic E-state index is 0.700. The van der Waals surface area contributed by atoms with Gasteiger partial charge in [0.2, 0.25) is 0 Å². The van der Waals surface area contributed by atoms with Crippen molar-refractivity contribution in [2.24, 2.45) is 0 Å². The second-order valence-corrected chi connectivity index (χ2v) is 12.3. The first-order chi connectivity index (χ1) is 24.8. The highest BCUT2D eigenvalue weighted by Gasteiger charge is 2.17. The lowest BCUT2D eigenvalue weighted by Crippen LogP contribution is -2.09. The quantitative estimate of drug-likeness (QED) is 0.174. The van der Waals surface area contributed by atoms with E-state index in [9.17, 15) is 0 Å². The maximum atomic E-state index is 5.05. The zero-order chi connectivity index (χ0) is 33.3. The average molecular weight is 641 g/mol. The van der Waals surface area contributed by atoms with E-state index in [1.807, 2.05) is 36.4 Å². The van der Waals surface area contributed by atoms with E-state index in [1.54, 1.807) is 0 Å². The number of para-hydroxylation sites is 3. The van der Waals surface area contributed by atoms with Crippen LogP contribution in [0.3, 0.4) is 0 Å². The van der Waals surface area contributed by atoms with E-state index in [4.69, 9.17) is 9.97 Å². The first-order valence-corrected chi connectivity index (χ1v) is 16.8. The van der Waals surface area contributed by atoms with Crippen molar-refractivity contribution in [3.8, 4) is 39.6 Å². The number of nitrogens with zero attached hydrogens (tertiary/aromatic N) is 4. The fourth-order valence-electron chi connectivity index (χ4n) is 6.83. The van der Waals surface area contributed by atoms with Crippen LogP contribution < -0.4 is 4.90 Å². The third kappa shape index (κ3) is 5.39. The van der Waals surface area contributed by atoms with E-state index < -0.39 is 0 Å². The summed E-state index contributed by atoms with van der Waals surface area (Å²) in [6.45, 7) is 0. The Morgan fingerprint density at radius 2 is 0.860 bits per heavy atom. The first-order valence-electron chi connectivity index (χ1n) is 16.8. The van der Waals surface area contributed by atoms with Gasteiger partial charge < -0.3 is 9.47 Å². The smallest absolute Gasteiger partial charge is 0.160 e. The van der Waals surface area contributed by atoms with Crippen LogP contribution in [0.15, 0.2) is 194 Å². The Bertz CT molecular complexity index is 2460. The van der Waals surface area contributed by atoms with Gasteiger partial charge in [0, 0.05) is 50.2 Å². The Hall–Kier alpha value is -6.78. The van der Waals surface area contributed by atoms with E-state index in [2.05, 4.69) is 167 Å². The number of rotatable bonds is 7. The van der Waals surface area contributed by atoms with Gasteiger partial charge in [-0.25, -0.2) is 9.97 Å². The molecular weight excluding hydrogens is 609 g/mol. The Morgan fingerprint density at radius 3 is 1.44 bits per heavy atom. The van der Waals surface area contributed by atoms with Crippen LogP contribution in [-0.2, 0) is 0 Å². The molecule has 4 nitrogen and oxygen atoms in total. The van der Waals surface area contributed by atoms with Crippen molar-refractivity contribution < 1.29 is 0 Å². The standard InChI is InChI=1S/C46H32N4/c1-5-15-33(16-6-1)42-32-43(34-17-7-2-8-18-34)48-46(47-42)35-25-27-38(28-26-35)50-44-24-14-13-23-40(44)41-31-39(29-30-45(41)50)49(36-19-9-3-10-20-36)37-21-11-4-12-22-37/h1-32H. The number of aromatic nitrogens is 3. The van der Waals surface area contributed by atoms with Crippen molar-refractivity contribution in [1.29, 1.82) is 0 Å². The highest BCUT2D eigenvalue weighted by Crippen LogP contribution is 2.39. The summed E-state index contributed by atoms with van der Waals surface area (Å²) in [7, 11) is 0. The third-order valence-corrected chi connectivity index (χ3v) is 9.19. The first kappa shape index (κ1) is 29.4. The Kier molecular flexibility index (Phi) is 7.45. The molecule has 4 heteroatoms. The predicted octanol–water partition coefficient (Wildman–Crippen LogP) is 12.0. The molecule has 0 spiro atoms. The summed E-state index contributed by atoms with van der Waals surface area (Å²) in [5, 5.41) is 2.41. The summed E-state index contributed by atoms with van der Waals surface area (Å²) in [5.41, 5.74) is 11.6. The molecule has 2 aromatic heterocycles. The minimum atomic E-state index is 0.700. The van der Waals surface area contributed by atoms with Gasteiger partial charge >= 0.3 is 0 Å². The normalized spacial score (nSPS) is 11.2. The molecule has 0 saturated carbocycles. The molecule has 0 unspecified atom stereocenters. The summed E-state index contributed by atoms with van der Waals surface area (Å²) >= 11 is 0. The molecule has 0 aliphatic rings. The molecule has 0 aliphatic carbocycles. The van der Waals surface area contributed by atoms with Gasteiger partial charge in [-0.3, -0.25) is 0 Å². The number of hydrogen-bond donors (Lipinski definition) is 0. The molecule has 236 valence electrons. The molecule has 0 N–H and O–H groups in total. The molecule has 50 heavy (non-hydrogen) atoms. The van der Waals surface area contributed by atoms with Crippen LogP contribution in [0.4, 0.5) is 17.1 Å². The molecule has 0 aliphatic heterocycles. The average Bonchev–Trinajstić information content (AvgIpc) is 3.53. The molecule has 9 aromatic rings. The van der Waals surface area contributed by atoms with Crippen LogP contribution in [0, 0.1) is 0 Å². The highest BCUT2D eigenvalue weighted by molar-refractivity contribution is 6.10. The Labute approximate surface area is 291 Å². The van der Waals surface area contributed by atoms with E-state index in [-0.39, 0.29) is 0 Å². The SMILES string of the molecule is c1ccc(-c2cc(-c3ccccc3)nc(-c3ccc(-n4c5ccccc5c5cc(N(c6ccccc6)c6ccccc6)ccc54)cc3)n2)cc1. The maximum absolute atomic E-state index is 5.05. The van der Waals surface area contributed by atoms with Crippen molar-refractivity contribution in [1.82, 2.24) is 14.5 Å². The summed E-state index contributed by atoms with van der Waals surface area (Å²) < 4.78 is 2.35. The van der Waals surface area contributed by atoms with Crippen LogP contribution in [-0.4, -0.2) is 14.5 Å². The largest absolute Gasteiger partial charge is 0.310 e. The fourth-order valence-corrected chi connectivity index (χ4v) is 6.83. The summed E-state index contributed by atoms with van der Waals surface area (Å²) in [6, 6.07) is 67.8. The monoisotopic (exact) mass is 640 g/mol. The number of benzene rings is 7. The molecule has 0 bridgehead atoms. The Balaban J connectivity index is 1.15. The molecule has 0 atom stereocenters. The van der Waals surface area contributed by atoms with Gasteiger partial charge in [0.05, 0.1) is 22.4 Å². The van der Waals surface area contributed by atoms with Crippen molar-refractivity contribution in [3.63, 3.8) is 0 Å². The highest BCUT2D eigenvalue weighted by atomic mass is 15.1. The number of hydrogen-bond acceptors (Lipinski definition) is 3. The van der Waals surface area contributed by atoms with E-state index in [0.29, 0.717) is 5.82 Å². The molecular formula is C46H32N4. The van der Waals surface area contributed by atoms with Gasteiger partial charge in [-0.15, -0.1) is 0 Å². The van der Waals surface area contributed by atoms with E-state index >= 15 is 0 Å². The van der Waals surface area contributed by atoms with Gasteiger partial charge in [0.15, 0.2) is 5.82 Å². The van der Waals surface area contributed by atoms with Gasteiger partial charge in [0.1, 0.15) is 0 Å². The van der Waals surface area contributed by atoms with Crippen LogP contribution in [0.5, 0.6) is 0 Å². The van der Waals surface area contributed by atoms with E-state index in [1.165, 1.54) is 10.8 Å². The molecule has 2 heterocycles. The second kappa shape index (κ2) is 12.7. The topological polar surface area (TPSA) is 34.0 Å². The van der Waals surface area contributed by atoms with E-state index in [0.717, 1.165) is 61.9 Å². The van der Waals surface area contributed by atoms with Crippen LogP contribution in [0.1, 0.15) is 0 Å². The maximum Gasteiger partial charge on any atom is 0.160 e. The summed E-state index contributed by atoms with van der Waals surface area (Å²) in [6.07, 6.45) is 0. The van der Waals surface area contributed by atoms with Crippen molar-refractivity contribution in [2.75, 3.05) is 4.90 Å². The lowest BCUT2D eigenvalue weighted by Gasteiger charge is -2.25. The molecule has 0 amide bonds. The number of fused-ring (bicyclic) bond motifs is 3. The third-order valence-electron chi connectivity index (χ3n) is 9.19. The minimum Gasteiger partial charge on any atom is -0.310 e. The fraction of sp³-hybridized carbons (Fsp3) is 0. The molecule has 0 saturated heterocycles. The lowest BCUT2D eigenvalue weighted by molar-refractivity contribution is 1.16. The van der Waals surface area contributed by atoms with Gasteiger partial charge in [-0.2, -0.15) is 0 Å². The number of anilines is 3. The van der Waals surface area contributed by atoms with Gasteiger partial charge in [0.25, 0.3) is 0 Å². The summed E-state index contributed by atoms with van der Waals surface area (Å²) in [5.74, 6) is 0.700. The molecule has 0 fully saturated rings. The van der Waals surface area contributed by atoms with Crippen molar-refractivity contribution >= 4 is 38.9 Å². The van der Waals surface area contributed by atoms with Crippen LogP contribution in [0.2, 0.25) is 0 Å². The van der Waals surface area contributed by atoms with Crippen LogP contribution in [0.25, 0.3) is 61.4 Å². The molecule has 9 rings (SSSR count). The van der Waals surface area contributed by atoms with Crippen LogP contribution >= 0.6 is 0 Å². The van der Waals surface area contributed by atoms with Gasteiger partial charge in [-0.05, 0) is 78.9 Å². The zero-order valence-electron chi connectivity index (χ0n) is 27.3. The van der Waals surface area contributed by atoms with Crippen molar-refractivity contribution in [2.45, 2.75) is 0 Å². The van der Waals surface area contributed by atoms with Gasteiger partial charge in [-0.1, -0.05) is 115 Å². The zero-order valence-corrected chi connectivity index (χ0v) is 27.3. The molecule has 0 radical (unpaired) electrons. The van der Waals surface area contributed by atoms with Crippen molar-refractivity contribution in [3.05, 3.63) is 194 Å². The second-order valence-electron chi connectivity index (χ2n) is 12.3. The Morgan fingerprint density at radius 1 is 0.360 bits per heavy atom. The summed E-state index contributed by atoms with van der Waals surface area (Å²) in [4.78, 5) is 12.4. The molecule has 7 aromatic carbocycles.